The highest BCUT2D eigenvalue weighted by Crippen LogP contribution is 2.45. The van der Waals surface area contributed by atoms with E-state index in [1.54, 1.807) is 0 Å². The Kier molecular flexibility index (Phi) is 2.21. The lowest BCUT2D eigenvalue weighted by molar-refractivity contribution is -0.154. The average molecular weight is 183 g/mol. The first-order chi connectivity index (χ1) is 5.69. The Morgan fingerprint density at radius 3 is 2.23 bits per heavy atom. The molecule has 0 radical (unpaired) electrons. The third-order valence-electron chi connectivity index (χ3n) is 3.80. The van der Waals surface area contributed by atoms with Crippen LogP contribution in [0.4, 0.5) is 0 Å². The van der Waals surface area contributed by atoms with Crippen molar-refractivity contribution in [3.63, 3.8) is 0 Å². The maximum atomic E-state index is 11.9. The maximum absolute atomic E-state index is 11.9. The molecule has 1 atom stereocenters. The number of rotatable bonds is 0. The Bertz CT molecular complexity index is 230. The van der Waals surface area contributed by atoms with Crippen molar-refractivity contribution in [2.24, 2.45) is 16.7 Å². The number of amides is 1. The molecule has 0 aromatic rings. The molecule has 0 aromatic carbocycles. The summed E-state index contributed by atoms with van der Waals surface area (Å²) in [5.74, 6) is 0.711. The maximum Gasteiger partial charge on any atom is 0.228 e. The van der Waals surface area contributed by atoms with E-state index in [0.29, 0.717) is 5.92 Å². The molecule has 1 unspecified atom stereocenters. The molecule has 0 spiro atoms. The van der Waals surface area contributed by atoms with Crippen LogP contribution in [-0.2, 0) is 4.79 Å². The summed E-state index contributed by atoms with van der Waals surface area (Å²) >= 11 is 0. The highest BCUT2D eigenvalue weighted by atomic mass is 16.2. The highest BCUT2D eigenvalue weighted by molar-refractivity contribution is 5.83. The third-order valence-corrected chi connectivity index (χ3v) is 3.80. The number of nitrogens with zero attached hydrogens (tertiary/aromatic N) is 1. The highest BCUT2D eigenvalue weighted by Gasteiger charge is 2.48. The Balaban J connectivity index is 3.03. The topological polar surface area (TPSA) is 20.3 Å². The minimum Gasteiger partial charge on any atom is -0.345 e. The van der Waals surface area contributed by atoms with Gasteiger partial charge in [-0.25, -0.2) is 0 Å². The lowest BCUT2D eigenvalue weighted by atomic mass is 9.62. The van der Waals surface area contributed by atoms with Crippen LogP contribution in [0.3, 0.4) is 0 Å². The first-order valence-corrected chi connectivity index (χ1v) is 4.95. The van der Waals surface area contributed by atoms with Gasteiger partial charge in [-0.2, -0.15) is 0 Å². The summed E-state index contributed by atoms with van der Waals surface area (Å²) in [4.78, 5) is 13.7. The molecule has 1 amide bonds. The molecule has 76 valence electrons. The van der Waals surface area contributed by atoms with Crippen molar-refractivity contribution in [3.8, 4) is 0 Å². The van der Waals surface area contributed by atoms with E-state index in [4.69, 9.17) is 0 Å². The fraction of sp³-hybridized carbons (Fsp3) is 0.909. The van der Waals surface area contributed by atoms with Gasteiger partial charge < -0.3 is 4.90 Å². The Hall–Kier alpha value is -0.530. The quantitative estimate of drug-likeness (QED) is 0.563. The predicted octanol–water partition coefficient (Wildman–Crippen LogP) is 2.15. The van der Waals surface area contributed by atoms with E-state index >= 15 is 0 Å². The average Bonchev–Trinajstić information content (AvgIpc) is 1.98. The van der Waals surface area contributed by atoms with Gasteiger partial charge in [-0.15, -0.1) is 0 Å². The van der Waals surface area contributed by atoms with Gasteiger partial charge in [-0.05, 0) is 11.3 Å². The van der Waals surface area contributed by atoms with Crippen LogP contribution in [-0.4, -0.2) is 24.4 Å². The van der Waals surface area contributed by atoms with E-state index in [1.165, 1.54) is 0 Å². The molecular weight excluding hydrogens is 162 g/mol. The molecule has 1 saturated heterocycles. The number of piperidine rings is 1. The number of hydrogen-bond acceptors (Lipinski definition) is 1. The summed E-state index contributed by atoms with van der Waals surface area (Å²) in [5, 5.41) is 0. The molecule has 0 bridgehead atoms. The molecular formula is C11H21NO. The minimum absolute atomic E-state index is 0.212. The molecule has 0 saturated carbocycles. The van der Waals surface area contributed by atoms with Crippen LogP contribution in [0, 0.1) is 16.7 Å². The molecule has 0 N–H and O–H groups in total. The first-order valence-electron chi connectivity index (χ1n) is 4.95. The van der Waals surface area contributed by atoms with Crippen molar-refractivity contribution in [2.75, 3.05) is 13.6 Å². The zero-order valence-corrected chi connectivity index (χ0v) is 9.64. The second kappa shape index (κ2) is 2.73. The van der Waals surface area contributed by atoms with Crippen LogP contribution in [0.15, 0.2) is 0 Å². The third kappa shape index (κ3) is 1.47. The summed E-state index contributed by atoms with van der Waals surface area (Å²) < 4.78 is 0. The fourth-order valence-corrected chi connectivity index (χ4v) is 2.47. The van der Waals surface area contributed by atoms with Crippen LogP contribution in [0.5, 0.6) is 0 Å². The van der Waals surface area contributed by atoms with Crippen molar-refractivity contribution in [1.82, 2.24) is 4.90 Å². The van der Waals surface area contributed by atoms with E-state index in [1.807, 2.05) is 11.9 Å². The molecule has 1 aliphatic rings. The molecule has 2 nitrogen and oxygen atoms in total. The molecule has 13 heavy (non-hydrogen) atoms. The van der Waals surface area contributed by atoms with Crippen molar-refractivity contribution < 1.29 is 4.79 Å². The number of carbonyl (C=O) groups is 1. The fourth-order valence-electron chi connectivity index (χ4n) is 2.47. The van der Waals surface area contributed by atoms with E-state index in [-0.39, 0.29) is 16.7 Å². The van der Waals surface area contributed by atoms with Crippen molar-refractivity contribution in [2.45, 2.75) is 34.6 Å². The first kappa shape index (κ1) is 10.6. The van der Waals surface area contributed by atoms with Crippen LogP contribution >= 0.6 is 0 Å². The number of likely N-dealkylation sites (tertiary alicyclic amines) is 1. The molecule has 1 heterocycles. The smallest absolute Gasteiger partial charge is 0.228 e. The summed E-state index contributed by atoms with van der Waals surface area (Å²) in [6.07, 6.45) is 0. The predicted molar refractivity (Wildman–Crippen MR) is 54.4 cm³/mol. The SMILES string of the molecule is CC1C(C)(C)CN(C)C(=O)C1(C)C. The lowest BCUT2D eigenvalue weighted by Gasteiger charge is -2.50. The van der Waals surface area contributed by atoms with Gasteiger partial charge in [-0.1, -0.05) is 34.6 Å². The second-order valence-electron chi connectivity index (χ2n) is 5.59. The minimum atomic E-state index is -0.212. The Labute approximate surface area is 81.3 Å². The van der Waals surface area contributed by atoms with Crippen molar-refractivity contribution >= 4 is 5.91 Å². The molecule has 2 heteroatoms. The summed E-state index contributed by atoms with van der Waals surface area (Å²) in [7, 11) is 1.90. The van der Waals surface area contributed by atoms with E-state index in [9.17, 15) is 4.79 Å². The summed E-state index contributed by atoms with van der Waals surface area (Å²) in [6.45, 7) is 11.6. The van der Waals surface area contributed by atoms with Gasteiger partial charge in [0.1, 0.15) is 0 Å². The zero-order valence-electron chi connectivity index (χ0n) is 9.64. The summed E-state index contributed by atoms with van der Waals surface area (Å²) in [6, 6.07) is 0. The number of hydrogen-bond donors (Lipinski definition) is 0. The van der Waals surface area contributed by atoms with Gasteiger partial charge in [0.2, 0.25) is 5.91 Å². The van der Waals surface area contributed by atoms with Gasteiger partial charge in [0.25, 0.3) is 0 Å². The van der Waals surface area contributed by atoms with E-state index in [2.05, 4.69) is 34.6 Å². The standard InChI is InChI=1S/C11H21NO/c1-8-10(2,3)7-12(6)9(13)11(8,4)5/h8H,7H2,1-6H3. The van der Waals surface area contributed by atoms with Gasteiger partial charge in [0.05, 0.1) is 0 Å². The van der Waals surface area contributed by atoms with E-state index in [0.717, 1.165) is 6.54 Å². The molecule has 1 aliphatic heterocycles. The Morgan fingerprint density at radius 2 is 1.77 bits per heavy atom. The van der Waals surface area contributed by atoms with Crippen LogP contribution in [0.1, 0.15) is 34.6 Å². The van der Waals surface area contributed by atoms with Gasteiger partial charge >= 0.3 is 0 Å². The van der Waals surface area contributed by atoms with Gasteiger partial charge in [0.15, 0.2) is 0 Å². The molecule has 0 aromatic heterocycles. The molecule has 1 fully saturated rings. The van der Waals surface area contributed by atoms with Gasteiger partial charge in [-0.3, -0.25) is 4.79 Å². The normalized spacial score (nSPS) is 32.0. The van der Waals surface area contributed by atoms with Crippen LogP contribution < -0.4 is 0 Å². The Morgan fingerprint density at radius 1 is 1.31 bits per heavy atom. The zero-order chi connectivity index (χ0) is 10.4. The van der Waals surface area contributed by atoms with Crippen LogP contribution in [0.2, 0.25) is 0 Å². The van der Waals surface area contributed by atoms with Gasteiger partial charge in [0, 0.05) is 19.0 Å². The summed E-state index contributed by atoms with van der Waals surface area (Å²) in [5.41, 5.74) is 0.0165. The second-order valence-corrected chi connectivity index (χ2v) is 5.59. The largest absolute Gasteiger partial charge is 0.345 e. The van der Waals surface area contributed by atoms with Crippen molar-refractivity contribution in [1.29, 1.82) is 0 Å². The number of carbonyl (C=O) groups excluding carboxylic acids is 1. The van der Waals surface area contributed by atoms with Crippen LogP contribution in [0.25, 0.3) is 0 Å². The molecule has 1 rings (SSSR count). The molecule has 0 aliphatic carbocycles. The monoisotopic (exact) mass is 183 g/mol. The van der Waals surface area contributed by atoms with Crippen molar-refractivity contribution in [3.05, 3.63) is 0 Å². The lowest BCUT2D eigenvalue weighted by Crippen LogP contribution is -2.56. The van der Waals surface area contributed by atoms with E-state index < -0.39 is 0 Å².